The van der Waals surface area contributed by atoms with Gasteiger partial charge in [-0.15, -0.1) is 0 Å². The van der Waals surface area contributed by atoms with Gasteiger partial charge in [-0.2, -0.15) is 0 Å². The van der Waals surface area contributed by atoms with Crippen LogP contribution in [0.15, 0.2) is 54.9 Å². The zero-order valence-electron chi connectivity index (χ0n) is 18.6. The monoisotopic (exact) mass is 420 g/mol. The lowest BCUT2D eigenvalue weighted by Gasteiger charge is -2.32. The van der Waals surface area contributed by atoms with Crippen molar-refractivity contribution in [3.63, 3.8) is 0 Å². The normalized spacial score (nSPS) is 25.2. The summed E-state index contributed by atoms with van der Waals surface area (Å²) in [5.41, 5.74) is 2.23. The first-order valence-electron chi connectivity index (χ1n) is 10.9. The summed E-state index contributed by atoms with van der Waals surface area (Å²) in [5.74, 6) is 0.240. The Morgan fingerprint density at radius 1 is 0.968 bits per heavy atom. The van der Waals surface area contributed by atoms with Crippen molar-refractivity contribution in [3.8, 4) is 0 Å². The molecule has 0 spiro atoms. The van der Waals surface area contributed by atoms with E-state index >= 15 is 0 Å². The maximum Gasteiger partial charge on any atom is 0.497 e. The van der Waals surface area contributed by atoms with Gasteiger partial charge in [-0.3, -0.25) is 0 Å². The average molecular weight is 420 g/mol. The minimum Gasteiger partial charge on any atom is -0.399 e. The van der Waals surface area contributed by atoms with E-state index < -0.39 is 7.12 Å². The number of rotatable bonds is 4. The Labute approximate surface area is 183 Å². The molecule has 0 bridgehead atoms. The third-order valence-corrected chi connectivity index (χ3v) is 6.67. The number of nitrogens with zero attached hydrogens (tertiary/aromatic N) is 2. The van der Waals surface area contributed by atoms with Crippen LogP contribution in [0.5, 0.6) is 0 Å². The Hall–Kier alpha value is -2.19. The van der Waals surface area contributed by atoms with Gasteiger partial charge < -0.3 is 23.3 Å². The molecule has 0 N–H and O–H groups in total. The summed E-state index contributed by atoms with van der Waals surface area (Å²) in [5, 5.41) is 1.06. The summed E-state index contributed by atoms with van der Waals surface area (Å²) in [6.45, 7) is 10.3. The van der Waals surface area contributed by atoms with Crippen molar-refractivity contribution >= 4 is 23.6 Å². The quantitative estimate of drug-likeness (QED) is 0.603. The van der Waals surface area contributed by atoms with Crippen LogP contribution in [0.3, 0.4) is 0 Å². The molecule has 31 heavy (non-hydrogen) atoms. The topological polar surface area (TPSA) is 54.7 Å². The molecule has 5 rings (SSSR count). The highest BCUT2D eigenvalue weighted by Crippen LogP contribution is 2.37. The number of fused-ring (bicyclic) bond motifs is 1. The molecule has 7 heteroatoms. The third-order valence-electron chi connectivity index (χ3n) is 6.67. The first-order chi connectivity index (χ1) is 14.8. The van der Waals surface area contributed by atoms with Crippen LogP contribution < -0.4 is 5.46 Å². The Morgan fingerprint density at radius 3 is 2.32 bits per heavy atom. The maximum absolute atomic E-state index is 6.31. The summed E-state index contributed by atoms with van der Waals surface area (Å²) in [4.78, 5) is 4.64. The van der Waals surface area contributed by atoms with Gasteiger partial charge in [0, 0.05) is 41.3 Å². The number of hydrogen-bond acceptors (Lipinski definition) is 5. The van der Waals surface area contributed by atoms with Crippen LogP contribution in [0.4, 0.5) is 0 Å². The molecule has 1 aromatic carbocycles. The zero-order chi connectivity index (χ0) is 21.6. The highest BCUT2D eigenvalue weighted by molar-refractivity contribution is 6.65. The molecule has 0 atom stereocenters. The van der Waals surface area contributed by atoms with E-state index in [1.807, 2.05) is 42.6 Å². The minimum atomic E-state index is -0.417. The Bertz CT molecular complexity index is 1040. The third kappa shape index (κ3) is 3.80. The van der Waals surface area contributed by atoms with Gasteiger partial charge in [0.2, 0.25) is 0 Å². The lowest BCUT2D eigenvalue weighted by atomic mass is 9.79. The number of aromatic nitrogens is 2. The van der Waals surface area contributed by atoms with Crippen LogP contribution >= 0.6 is 0 Å². The zero-order valence-corrected chi connectivity index (χ0v) is 18.6. The number of hydrogen-bond donors (Lipinski definition) is 0. The van der Waals surface area contributed by atoms with E-state index in [0.717, 1.165) is 28.6 Å². The molecule has 0 radical (unpaired) electrons. The van der Waals surface area contributed by atoms with Crippen LogP contribution in [-0.4, -0.2) is 41.1 Å². The summed E-state index contributed by atoms with van der Waals surface area (Å²) in [6.07, 6.45) is 3.65. The van der Waals surface area contributed by atoms with Gasteiger partial charge in [-0.25, -0.2) is 4.98 Å². The fourth-order valence-corrected chi connectivity index (χ4v) is 4.18. The lowest BCUT2D eigenvalue weighted by molar-refractivity contribution is -0.206. The summed E-state index contributed by atoms with van der Waals surface area (Å²) < 4.78 is 26.8. The number of pyridine rings is 1. The second-order valence-corrected chi connectivity index (χ2v) is 9.47. The molecule has 4 heterocycles. The summed E-state index contributed by atoms with van der Waals surface area (Å²) in [7, 11) is -0.417. The summed E-state index contributed by atoms with van der Waals surface area (Å²) >= 11 is 0. The van der Waals surface area contributed by atoms with E-state index in [-0.39, 0.29) is 23.4 Å². The Balaban J connectivity index is 1.35. The molecule has 3 aromatic rings. The largest absolute Gasteiger partial charge is 0.497 e. The van der Waals surface area contributed by atoms with Crippen molar-refractivity contribution in [3.05, 3.63) is 60.4 Å². The fourth-order valence-electron chi connectivity index (χ4n) is 4.18. The Morgan fingerprint density at radius 2 is 1.65 bits per heavy atom. The molecule has 2 aliphatic heterocycles. The molecule has 6 nitrogen and oxygen atoms in total. The SMILES string of the molecule is CC1(C)OB(c2cn(CC3COC(c4ccccc4)OC3)c3ncccc23)OC1(C)C. The van der Waals surface area contributed by atoms with Crippen LogP contribution in [-0.2, 0) is 25.3 Å². The highest BCUT2D eigenvalue weighted by atomic mass is 16.7. The van der Waals surface area contributed by atoms with Gasteiger partial charge in [0.1, 0.15) is 5.65 Å². The molecule has 0 saturated carbocycles. The molecule has 2 aliphatic rings. The van der Waals surface area contributed by atoms with E-state index in [2.05, 4.69) is 49.5 Å². The van der Waals surface area contributed by atoms with Crippen molar-refractivity contribution in [2.24, 2.45) is 5.92 Å². The predicted molar refractivity (Wildman–Crippen MR) is 120 cm³/mol. The van der Waals surface area contributed by atoms with E-state index in [1.165, 1.54) is 0 Å². The predicted octanol–water partition coefficient (Wildman–Crippen LogP) is 3.70. The standard InChI is InChI=1S/C24H29BN2O4/c1-23(2)24(3,4)31-25(30-23)20-14-27(21-19(20)11-8-12-26-21)13-17-15-28-22(29-16-17)18-9-6-5-7-10-18/h5-12,14,17,22H,13,15-16H2,1-4H3. The molecule has 2 aromatic heterocycles. The molecule has 0 amide bonds. The Kier molecular flexibility index (Phi) is 5.17. The average Bonchev–Trinajstić information content (AvgIpc) is 3.23. The number of ether oxygens (including phenoxy) is 2. The fraction of sp³-hybridized carbons (Fsp3) is 0.458. The van der Waals surface area contributed by atoms with Gasteiger partial charge in [0.05, 0.1) is 24.4 Å². The van der Waals surface area contributed by atoms with Crippen molar-refractivity contribution in [2.75, 3.05) is 13.2 Å². The van der Waals surface area contributed by atoms with Crippen molar-refractivity contribution in [2.45, 2.75) is 51.7 Å². The van der Waals surface area contributed by atoms with Crippen LogP contribution in [0.1, 0.15) is 39.5 Å². The van der Waals surface area contributed by atoms with Gasteiger partial charge in [-0.05, 0) is 33.8 Å². The smallest absolute Gasteiger partial charge is 0.399 e. The highest BCUT2D eigenvalue weighted by Gasteiger charge is 2.52. The van der Waals surface area contributed by atoms with Gasteiger partial charge >= 0.3 is 7.12 Å². The lowest BCUT2D eigenvalue weighted by Crippen LogP contribution is -2.41. The maximum atomic E-state index is 6.31. The van der Waals surface area contributed by atoms with Gasteiger partial charge in [0.15, 0.2) is 6.29 Å². The second kappa shape index (κ2) is 7.75. The van der Waals surface area contributed by atoms with Crippen LogP contribution in [0.25, 0.3) is 11.0 Å². The van der Waals surface area contributed by atoms with Crippen LogP contribution in [0.2, 0.25) is 0 Å². The molecular weight excluding hydrogens is 391 g/mol. The molecular formula is C24H29BN2O4. The van der Waals surface area contributed by atoms with Gasteiger partial charge in [-0.1, -0.05) is 36.4 Å². The first kappa shape index (κ1) is 20.7. The van der Waals surface area contributed by atoms with Crippen molar-refractivity contribution < 1.29 is 18.8 Å². The first-order valence-corrected chi connectivity index (χ1v) is 10.9. The van der Waals surface area contributed by atoms with E-state index in [0.29, 0.717) is 13.2 Å². The molecule has 0 unspecified atom stereocenters. The van der Waals surface area contributed by atoms with E-state index in [9.17, 15) is 0 Å². The minimum absolute atomic E-state index is 0.240. The van der Waals surface area contributed by atoms with Gasteiger partial charge in [0.25, 0.3) is 0 Å². The molecule has 162 valence electrons. The summed E-state index contributed by atoms with van der Waals surface area (Å²) in [6, 6.07) is 14.1. The van der Waals surface area contributed by atoms with E-state index in [4.69, 9.17) is 18.8 Å². The van der Waals surface area contributed by atoms with Crippen molar-refractivity contribution in [1.29, 1.82) is 0 Å². The van der Waals surface area contributed by atoms with E-state index in [1.54, 1.807) is 0 Å². The second-order valence-electron chi connectivity index (χ2n) is 9.47. The molecule has 2 saturated heterocycles. The molecule has 0 aliphatic carbocycles. The van der Waals surface area contributed by atoms with Crippen LogP contribution in [0, 0.1) is 5.92 Å². The number of benzene rings is 1. The van der Waals surface area contributed by atoms with Crippen molar-refractivity contribution in [1.82, 2.24) is 9.55 Å². The molecule has 2 fully saturated rings.